The molecule has 5 heteroatoms. The molecule has 0 aliphatic rings. The quantitative estimate of drug-likeness (QED) is 0.758. The number of nitrogens with zero attached hydrogens (tertiary/aromatic N) is 1. The maximum atomic E-state index is 12.3. The van der Waals surface area contributed by atoms with E-state index in [4.69, 9.17) is 4.74 Å². The molecule has 0 aliphatic carbocycles. The van der Waals surface area contributed by atoms with Gasteiger partial charge in [-0.1, -0.05) is 36.4 Å². The molecule has 21 heavy (non-hydrogen) atoms. The number of para-hydroxylation sites is 2. The fourth-order valence-corrected chi connectivity index (χ4v) is 1.83. The Morgan fingerprint density at radius 3 is 2.33 bits per heavy atom. The second kappa shape index (κ2) is 6.43. The summed E-state index contributed by atoms with van der Waals surface area (Å²) in [5.74, 6) is 0.641. The van der Waals surface area contributed by atoms with Crippen LogP contribution in [0, 0.1) is 0 Å². The summed E-state index contributed by atoms with van der Waals surface area (Å²) in [5, 5.41) is 0. The van der Waals surface area contributed by atoms with Gasteiger partial charge in [0.2, 0.25) is 0 Å². The number of hydrogen-bond acceptors (Lipinski definition) is 2. The Hall–Kier alpha value is -2.30. The normalized spacial score (nSPS) is 11.8. The van der Waals surface area contributed by atoms with Gasteiger partial charge in [-0.05, 0) is 23.3 Å². The number of halogens is 3. The summed E-state index contributed by atoms with van der Waals surface area (Å²) in [5.41, 5.74) is 1.63. The van der Waals surface area contributed by atoms with Crippen LogP contribution in [0.25, 0.3) is 0 Å². The van der Waals surface area contributed by atoms with Crippen molar-refractivity contribution in [3.8, 4) is 5.75 Å². The van der Waals surface area contributed by atoms with Crippen LogP contribution in [0.1, 0.15) is 11.1 Å². The van der Waals surface area contributed by atoms with Gasteiger partial charge in [0.15, 0.2) is 0 Å². The Balaban J connectivity index is 2.11. The van der Waals surface area contributed by atoms with E-state index in [2.05, 4.69) is 4.99 Å². The van der Waals surface area contributed by atoms with Crippen molar-refractivity contribution in [2.75, 3.05) is 7.11 Å². The van der Waals surface area contributed by atoms with Gasteiger partial charge in [-0.15, -0.1) is 0 Å². The van der Waals surface area contributed by atoms with Crippen LogP contribution >= 0.6 is 0 Å². The third-order valence-electron chi connectivity index (χ3n) is 2.82. The van der Waals surface area contributed by atoms with Crippen LogP contribution in [0.4, 0.5) is 18.9 Å². The Kier molecular flexibility index (Phi) is 4.62. The van der Waals surface area contributed by atoms with Crippen molar-refractivity contribution in [3.05, 3.63) is 59.7 Å². The van der Waals surface area contributed by atoms with Gasteiger partial charge in [-0.3, -0.25) is 4.99 Å². The molecule has 0 heterocycles. The molecule has 0 fully saturated rings. The van der Waals surface area contributed by atoms with Crippen LogP contribution in [0.15, 0.2) is 53.5 Å². The Labute approximate surface area is 120 Å². The van der Waals surface area contributed by atoms with E-state index in [1.165, 1.54) is 12.1 Å². The fraction of sp³-hybridized carbons (Fsp3) is 0.188. The maximum Gasteiger partial charge on any atom is 0.393 e. The first-order chi connectivity index (χ1) is 9.98. The molecule has 0 aromatic heterocycles. The van der Waals surface area contributed by atoms with Gasteiger partial charge >= 0.3 is 6.18 Å². The fourth-order valence-electron chi connectivity index (χ4n) is 1.83. The lowest BCUT2D eigenvalue weighted by Gasteiger charge is -2.06. The number of ether oxygens (including phenoxy) is 1. The van der Waals surface area contributed by atoms with Crippen LogP contribution < -0.4 is 4.74 Å². The molecule has 0 bridgehead atoms. The third kappa shape index (κ3) is 4.63. The first-order valence-corrected chi connectivity index (χ1v) is 6.31. The van der Waals surface area contributed by atoms with Crippen molar-refractivity contribution in [1.29, 1.82) is 0 Å². The summed E-state index contributed by atoms with van der Waals surface area (Å²) in [4.78, 5) is 4.28. The summed E-state index contributed by atoms with van der Waals surface area (Å²) in [6.07, 6.45) is -3.51. The highest BCUT2D eigenvalue weighted by atomic mass is 19.4. The SMILES string of the molecule is COc1ccccc1N=Cc1ccc(CC(F)(F)F)cc1. The number of aliphatic imine (C=N–C) groups is 1. The molecule has 0 saturated carbocycles. The third-order valence-corrected chi connectivity index (χ3v) is 2.82. The van der Waals surface area contributed by atoms with E-state index >= 15 is 0 Å². The van der Waals surface area contributed by atoms with Gasteiger partial charge in [0, 0.05) is 6.21 Å². The number of rotatable bonds is 4. The van der Waals surface area contributed by atoms with Gasteiger partial charge in [0.1, 0.15) is 11.4 Å². The monoisotopic (exact) mass is 293 g/mol. The van der Waals surface area contributed by atoms with Crippen LogP contribution in [0.5, 0.6) is 5.75 Å². The molecule has 0 aliphatic heterocycles. The molecule has 2 aromatic carbocycles. The lowest BCUT2D eigenvalue weighted by atomic mass is 10.1. The lowest BCUT2D eigenvalue weighted by molar-refractivity contribution is -0.127. The maximum absolute atomic E-state index is 12.3. The van der Waals surface area contributed by atoms with Crippen molar-refractivity contribution in [2.45, 2.75) is 12.6 Å². The summed E-state index contributed by atoms with van der Waals surface area (Å²) in [7, 11) is 1.56. The zero-order valence-electron chi connectivity index (χ0n) is 11.4. The second-order valence-corrected chi connectivity index (χ2v) is 4.46. The zero-order valence-corrected chi connectivity index (χ0v) is 11.4. The lowest BCUT2D eigenvalue weighted by Crippen LogP contribution is -2.11. The minimum atomic E-state index is -4.19. The van der Waals surface area contributed by atoms with E-state index in [-0.39, 0.29) is 5.56 Å². The second-order valence-electron chi connectivity index (χ2n) is 4.46. The van der Waals surface area contributed by atoms with E-state index in [1.807, 2.05) is 12.1 Å². The Bertz CT molecular complexity index is 618. The molecule has 0 spiro atoms. The first-order valence-electron chi connectivity index (χ1n) is 6.31. The highest BCUT2D eigenvalue weighted by Crippen LogP contribution is 2.26. The van der Waals surface area contributed by atoms with Crippen molar-refractivity contribution in [1.82, 2.24) is 0 Å². The first kappa shape index (κ1) is 15.1. The van der Waals surface area contributed by atoms with Crippen LogP contribution in [0.3, 0.4) is 0 Å². The molecule has 2 nitrogen and oxygen atoms in total. The summed E-state index contributed by atoms with van der Waals surface area (Å²) >= 11 is 0. The van der Waals surface area contributed by atoms with Gasteiger partial charge in [-0.25, -0.2) is 0 Å². The van der Waals surface area contributed by atoms with Crippen molar-refractivity contribution < 1.29 is 17.9 Å². The Morgan fingerprint density at radius 1 is 1.05 bits per heavy atom. The van der Waals surface area contributed by atoms with Gasteiger partial charge in [0.05, 0.1) is 13.5 Å². The molecule has 0 radical (unpaired) electrons. The summed E-state index contributed by atoms with van der Waals surface area (Å²) in [6.45, 7) is 0. The van der Waals surface area contributed by atoms with E-state index in [1.54, 1.807) is 37.6 Å². The number of hydrogen-bond donors (Lipinski definition) is 0. The highest BCUT2D eigenvalue weighted by Gasteiger charge is 2.27. The van der Waals surface area contributed by atoms with E-state index in [0.29, 0.717) is 11.4 Å². The van der Waals surface area contributed by atoms with Crippen LogP contribution in [-0.2, 0) is 6.42 Å². The predicted molar refractivity (Wildman–Crippen MR) is 76.4 cm³/mol. The minimum absolute atomic E-state index is 0.233. The molecule has 2 aromatic rings. The average Bonchev–Trinajstić information content (AvgIpc) is 2.45. The zero-order chi connectivity index (χ0) is 15.3. The molecule has 0 N–H and O–H groups in total. The standard InChI is InChI=1S/C16H14F3NO/c1-21-15-5-3-2-4-14(15)20-11-13-8-6-12(7-9-13)10-16(17,18)19/h2-9,11H,10H2,1H3. The van der Waals surface area contributed by atoms with Crippen molar-refractivity contribution in [3.63, 3.8) is 0 Å². The van der Waals surface area contributed by atoms with E-state index < -0.39 is 12.6 Å². The minimum Gasteiger partial charge on any atom is -0.494 e. The summed E-state index contributed by atoms with van der Waals surface area (Å²) in [6, 6.07) is 13.4. The molecular formula is C16H14F3NO. The topological polar surface area (TPSA) is 21.6 Å². The molecule has 2 rings (SSSR count). The van der Waals surface area contributed by atoms with Crippen molar-refractivity contribution >= 4 is 11.9 Å². The van der Waals surface area contributed by atoms with E-state index in [9.17, 15) is 13.2 Å². The molecule has 110 valence electrons. The van der Waals surface area contributed by atoms with E-state index in [0.717, 1.165) is 5.56 Å². The van der Waals surface area contributed by atoms with Gasteiger partial charge in [-0.2, -0.15) is 13.2 Å². The molecular weight excluding hydrogens is 279 g/mol. The molecule has 0 unspecified atom stereocenters. The Morgan fingerprint density at radius 2 is 1.71 bits per heavy atom. The van der Waals surface area contributed by atoms with Crippen LogP contribution in [0.2, 0.25) is 0 Å². The number of alkyl halides is 3. The molecule has 0 atom stereocenters. The van der Waals surface area contributed by atoms with Crippen LogP contribution in [-0.4, -0.2) is 19.5 Å². The molecule has 0 saturated heterocycles. The van der Waals surface area contributed by atoms with Crippen molar-refractivity contribution in [2.24, 2.45) is 4.99 Å². The smallest absolute Gasteiger partial charge is 0.393 e. The largest absolute Gasteiger partial charge is 0.494 e. The van der Waals surface area contributed by atoms with Gasteiger partial charge in [0.25, 0.3) is 0 Å². The molecule has 0 amide bonds. The number of methoxy groups -OCH3 is 1. The number of benzene rings is 2. The predicted octanol–water partition coefficient (Wildman–Crippen LogP) is 4.55. The average molecular weight is 293 g/mol. The summed E-state index contributed by atoms with van der Waals surface area (Å²) < 4.78 is 41.9. The van der Waals surface area contributed by atoms with Gasteiger partial charge < -0.3 is 4.74 Å². The highest BCUT2D eigenvalue weighted by molar-refractivity contribution is 5.82.